The van der Waals surface area contributed by atoms with E-state index in [0.29, 0.717) is 0 Å². The van der Waals surface area contributed by atoms with Crippen molar-refractivity contribution in [1.82, 2.24) is 0 Å². The molecule has 0 aromatic heterocycles. The third-order valence-corrected chi connectivity index (χ3v) is 6.14. The first-order chi connectivity index (χ1) is 7.29. The molecule has 2 aliphatic rings. The van der Waals surface area contributed by atoms with E-state index in [2.05, 4.69) is 20.8 Å². The van der Waals surface area contributed by atoms with Gasteiger partial charge in [-0.1, -0.05) is 20.8 Å². The highest BCUT2D eigenvalue weighted by Crippen LogP contribution is 2.43. The minimum atomic E-state index is -0.650. The zero-order valence-corrected chi connectivity index (χ0v) is 11.5. The van der Waals surface area contributed by atoms with Gasteiger partial charge in [-0.25, -0.2) is 0 Å². The van der Waals surface area contributed by atoms with Crippen LogP contribution in [0.2, 0.25) is 0 Å². The quantitative estimate of drug-likeness (QED) is 0.811. The summed E-state index contributed by atoms with van der Waals surface area (Å²) in [5, 5.41) is 11.2. The van der Waals surface area contributed by atoms with E-state index in [0.717, 1.165) is 38.5 Å². The summed E-state index contributed by atoms with van der Waals surface area (Å²) in [6.07, 6.45) is 5.60. The van der Waals surface area contributed by atoms with Crippen molar-refractivity contribution in [2.24, 2.45) is 5.41 Å². The molecular weight excluding hydrogens is 220 g/mol. The molecule has 2 bridgehead atoms. The van der Waals surface area contributed by atoms with Gasteiger partial charge >= 0.3 is 0 Å². The van der Waals surface area contributed by atoms with Gasteiger partial charge < -0.3 is 5.11 Å². The van der Waals surface area contributed by atoms with Gasteiger partial charge in [0.1, 0.15) is 0 Å². The molecule has 94 valence electrons. The van der Waals surface area contributed by atoms with Gasteiger partial charge in [-0.3, -0.25) is 4.21 Å². The summed E-state index contributed by atoms with van der Waals surface area (Å²) in [7, 11) is -0.650. The Balaban J connectivity index is 1.97. The smallest absolute Gasteiger partial charge is 0.0671 e. The fraction of sp³-hybridized carbons (Fsp3) is 1.00. The Morgan fingerprint density at radius 1 is 1.25 bits per heavy atom. The van der Waals surface area contributed by atoms with Crippen molar-refractivity contribution in [2.45, 2.75) is 75.4 Å². The second-order valence-electron chi connectivity index (χ2n) is 6.84. The van der Waals surface area contributed by atoms with Crippen molar-refractivity contribution in [3.63, 3.8) is 0 Å². The van der Waals surface area contributed by atoms with Gasteiger partial charge in [-0.15, -0.1) is 0 Å². The summed E-state index contributed by atoms with van der Waals surface area (Å²) in [5.74, 6) is 0. The van der Waals surface area contributed by atoms with Crippen molar-refractivity contribution in [3.05, 3.63) is 0 Å². The van der Waals surface area contributed by atoms with Crippen molar-refractivity contribution in [1.29, 1.82) is 0 Å². The lowest BCUT2D eigenvalue weighted by atomic mass is 9.81. The van der Waals surface area contributed by atoms with Crippen LogP contribution in [0, 0.1) is 5.41 Å². The van der Waals surface area contributed by atoms with Gasteiger partial charge in [-0.05, 0) is 43.9 Å². The van der Waals surface area contributed by atoms with Gasteiger partial charge in [0.15, 0.2) is 0 Å². The van der Waals surface area contributed by atoms with E-state index in [1.165, 1.54) is 0 Å². The largest absolute Gasteiger partial charge is 0.390 e. The molecule has 16 heavy (non-hydrogen) atoms. The minimum absolute atomic E-state index is 0.281. The van der Waals surface area contributed by atoms with Crippen LogP contribution in [0.25, 0.3) is 0 Å². The second-order valence-corrected chi connectivity index (χ2v) is 8.83. The summed E-state index contributed by atoms with van der Waals surface area (Å²) in [4.78, 5) is 0. The molecule has 2 rings (SSSR count). The van der Waals surface area contributed by atoms with Crippen LogP contribution in [0.5, 0.6) is 0 Å². The Kier molecular flexibility index (Phi) is 3.21. The molecule has 2 saturated heterocycles. The van der Waals surface area contributed by atoms with Crippen LogP contribution >= 0.6 is 0 Å². The molecule has 2 unspecified atom stereocenters. The van der Waals surface area contributed by atoms with Crippen LogP contribution in [-0.2, 0) is 10.8 Å². The monoisotopic (exact) mass is 244 g/mol. The maximum atomic E-state index is 11.9. The number of fused-ring (bicyclic) bond motifs is 2. The lowest BCUT2D eigenvalue weighted by Gasteiger charge is -2.37. The SMILES string of the molecule is CC(C)(C)CCC1(O)CC2CCC(C1)S2=O. The summed E-state index contributed by atoms with van der Waals surface area (Å²) < 4.78 is 11.9. The average molecular weight is 244 g/mol. The molecule has 3 heteroatoms. The molecule has 2 aliphatic heterocycles. The van der Waals surface area contributed by atoms with E-state index in [1.54, 1.807) is 0 Å². The topological polar surface area (TPSA) is 37.3 Å². The molecule has 1 N–H and O–H groups in total. The molecule has 0 radical (unpaired) electrons. The number of aliphatic hydroxyl groups is 1. The molecule has 0 aromatic rings. The van der Waals surface area contributed by atoms with Gasteiger partial charge in [0.05, 0.1) is 5.60 Å². The molecule has 0 aliphatic carbocycles. The molecule has 0 aromatic carbocycles. The Morgan fingerprint density at radius 3 is 2.19 bits per heavy atom. The van der Waals surface area contributed by atoms with E-state index in [4.69, 9.17) is 0 Å². The highest BCUT2D eigenvalue weighted by atomic mass is 32.2. The molecule has 2 atom stereocenters. The summed E-state index contributed by atoms with van der Waals surface area (Å²) in [5.41, 5.74) is -0.238. The van der Waals surface area contributed by atoms with E-state index in [-0.39, 0.29) is 15.9 Å². The predicted molar refractivity (Wildman–Crippen MR) is 67.8 cm³/mol. The molecule has 0 saturated carbocycles. The Labute approximate surface area is 101 Å². The van der Waals surface area contributed by atoms with Crippen molar-refractivity contribution in [2.75, 3.05) is 0 Å². The van der Waals surface area contributed by atoms with Crippen molar-refractivity contribution >= 4 is 10.8 Å². The Morgan fingerprint density at radius 2 is 1.75 bits per heavy atom. The van der Waals surface area contributed by atoms with E-state index in [1.807, 2.05) is 0 Å². The van der Waals surface area contributed by atoms with Crippen LogP contribution in [0.1, 0.15) is 59.3 Å². The summed E-state index contributed by atoms with van der Waals surface area (Å²) >= 11 is 0. The highest BCUT2D eigenvalue weighted by molar-refractivity contribution is 7.86. The molecule has 0 spiro atoms. The van der Waals surface area contributed by atoms with Gasteiger partial charge in [0.2, 0.25) is 0 Å². The average Bonchev–Trinajstić information content (AvgIpc) is 2.39. The Hall–Kier alpha value is 0.110. The van der Waals surface area contributed by atoms with Crippen LogP contribution in [0.15, 0.2) is 0 Å². The zero-order valence-electron chi connectivity index (χ0n) is 10.7. The normalized spacial score (nSPS) is 43.6. The number of rotatable bonds is 2. The lowest BCUT2D eigenvalue weighted by molar-refractivity contribution is 0.00472. The van der Waals surface area contributed by atoms with Gasteiger partial charge in [-0.2, -0.15) is 0 Å². The standard InChI is InChI=1S/C13H24O2S/c1-12(2,3)6-7-13(14)8-10-4-5-11(9-13)16(10)15/h10-11,14H,4-9H2,1-3H3. The molecule has 2 heterocycles. The first kappa shape index (κ1) is 12.6. The van der Waals surface area contributed by atoms with E-state index in [9.17, 15) is 9.32 Å². The van der Waals surface area contributed by atoms with Crippen molar-refractivity contribution < 1.29 is 9.32 Å². The number of hydrogen-bond acceptors (Lipinski definition) is 2. The Bertz CT molecular complexity index is 277. The maximum Gasteiger partial charge on any atom is 0.0671 e. The lowest BCUT2D eigenvalue weighted by Crippen LogP contribution is -2.42. The predicted octanol–water partition coefficient (Wildman–Crippen LogP) is 2.62. The van der Waals surface area contributed by atoms with Crippen LogP contribution in [0.3, 0.4) is 0 Å². The second kappa shape index (κ2) is 4.09. The molecule has 2 fully saturated rings. The first-order valence-corrected chi connectivity index (χ1v) is 7.69. The highest BCUT2D eigenvalue weighted by Gasteiger charge is 2.47. The van der Waals surface area contributed by atoms with Crippen LogP contribution in [0.4, 0.5) is 0 Å². The van der Waals surface area contributed by atoms with E-state index >= 15 is 0 Å². The van der Waals surface area contributed by atoms with Crippen LogP contribution < -0.4 is 0 Å². The third kappa shape index (κ3) is 2.67. The molecule has 0 amide bonds. The van der Waals surface area contributed by atoms with Crippen molar-refractivity contribution in [3.8, 4) is 0 Å². The van der Waals surface area contributed by atoms with E-state index < -0.39 is 16.4 Å². The molecular formula is C13H24O2S. The maximum absolute atomic E-state index is 11.9. The van der Waals surface area contributed by atoms with Crippen LogP contribution in [-0.4, -0.2) is 25.4 Å². The fourth-order valence-corrected chi connectivity index (χ4v) is 5.22. The van der Waals surface area contributed by atoms with Gasteiger partial charge in [0, 0.05) is 21.3 Å². The first-order valence-electron chi connectivity index (χ1n) is 6.41. The van der Waals surface area contributed by atoms with Gasteiger partial charge in [0.25, 0.3) is 0 Å². The molecule has 2 nitrogen and oxygen atoms in total. The zero-order chi connectivity index (χ0) is 12.0. The third-order valence-electron chi connectivity index (χ3n) is 4.02. The summed E-state index contributed by atoms with van der Waals surface area (Å²) in [6.45, 7) is 6.64. The summed E-state index contributed by atoms with van der Waals surface area (Å²) in [6, 6.07) is 0. The number of hydrogen-bond donors (Lipinski definition) is 1. The minimum Gasteiger partial charge on any atom is -0.390 e. The fourth-order valence-electron chi connectivity index (χ4n) is 2.99.